The molecule has 1 N–H and O–H groups in total. The van der Waals surface area contributed by atoms with Gasteiger partial charge in [0.1, 0.15) is 0 Å². The summed E-state index contributed by atoms with van der Waals surface area (Å²) in [6.07, 6.45) is 0. The van der Waals surface area contributed by atoms with Crippen LogP contribution in [-0.2, 0) is 10.2 Å². The van der Waals surface area contributed by atoms with Crippen LogP contribution in [0.15, 0.2) is 30.3 Å². The average Bonchev–Trinajstić information content (AvgIpc) is 2.23. The van der Waals surface area contributed by atoms with Crippen molar-refractivity contribution in [2.45, 2.75) is 6.04 Å². The monoisotopic (exact) mass is 255 g/mol. The fourth-order valence-electron chi connectivity index (χ4n) is 1.72. The number of benzene rings is 1. The highest BCUT2D eigenvalue weighted by molar-refractivity contribution is 7.86. The lowest BCUT2D eigenvalue weighted by atomic mass is 10.1. The lowest BCUT2D eigenvalue weighted by Crippen LogP contribution is -2.59. The van der Waals surface area contributed by atoms with Gasteiger partial charge in [-0.25, -0.2) is 0 Å². The quantitative estimate of drug-likeness (QED) is 0.856. The largest absolute Gasteiger partial charge is 0.380 e. The van der Waals surface area contributed by atoms with E-state index in [1.165, 1.54) is 8.61 Å². The van der Waals surface area contributed by atoms with Gasteiger partial charge in [-0.2, -0.15) is 17.0 Å². The zero-order valence-electron chi connectivity index (χ0n) is 10.00. The van der Waals surface area contributed by atoms with E-state index in [-0.39, 0.29) is 6.04 Å². The second-order valence-electron chi connectivity index (χ2n) is 4.31. The molecule has 17 heavy (non-hydrogen) atoms. The first-order valence-corrected chi connectivity index (χ1v) is 6.89. The fraction of sp³-hybridized carbons (Fsp3) is 0.455. The van der Waals surface area contributed by atoms with Crippen LogP contribution >= 0.6 is 0 Å². The van der Waals surface area contributed by atoms with Gasteiger partial charge < -0.3 is 5.32 Å². The summed E-state index contributed by atoms with van der Waals surface area (Å²) in [4.78, 5) is 0. The minimum Gasteiger partial charge on any atom is -0.380 e. The standard InChI is InChI=1S/C11H17N3O2S/c1-13(2)17(15,16)14-8-11(9-14)12-10-6-4-3-5-7-10/h3-7,11-12H,8-9H2,1-2H3. The zero-order valence-corrected chi connectivity index (χ0v) is 10.8. The van der Waals surface area contributed by atoms with Crippen LogP contribution in [-0.4, -0.2) is 50.3 Å². The Morgan fingerprint density at radius 3 is 2.35 bits per heavy atom. The zero-order chi connectivity index (χ0) is 12.5. The highest BCUT2D eigenvalue weighted by Crippen LogP contribution is 2.19. The van der Waals surface area contributed by atoms with E-state index < -0.39 is 10.2 Å². The van der Waals surface area contributed by atoms with Gasteiger partial charge in [0.05, 0.1) is 6.04 Å². The number of hydrogen-bond donors (Lipinski definition) is 1. The van der Waals surface area contributed by atoms with Crippen LogP contribution in [0.2, 0.25) is 0 Å². The summed E-state index contributed by atoms with van der Waals surface area (Å²) in [5.41, 5.74) is 1.03. The van der Waals surface area contributed by atoms with E-state index in [4.69, 9.17) is 0 Å². The molecule has 0 atom stereocenters. The van der Waals surface area contributed by atoms with E-state index >= 15 is 0 Å². The van der Waals surface area contributed by atoms with Gasteiger partial charge in [-0.3, -0.25) is 0 Å². The van der Waals surface area contributed by atoms with Crippen molar-refractivity contribution < 1.29 is 8.42 Å². The van der Waals surface area contributed by atoms with Crippen LogP contribution in [0.3, 0.4) is 0 Å². The summed E-state index contributed by atoms with van der Waals surface area (Å²) in [5.74, 6) is 0. The molecule has 0 spiro atoms. The van der Waals surface area contributed by atoms with E-state index in [0.29, 0.717) is 13.1 Å². The molecule has 0 unspecified atom stereocenters. The Morgan fingerprint density at radius 1 is 1.24 bits per heavy atom. The van der Waals surface area contributed by atoms with Crippen LogP contribution in [0.5, 0.6) is 0 Å². The van der Waals surface area contributed by atoms with E-state index in [2.05, 4.69) is 5.32 Å². The lowest BCUT2D eigenvalue weighted by Gasteiger charge is -2.40. The Kier molecular flexibility index (Phi) is 3.37. The predicted molar refractivity (Wildman–Crippen MR) is 68.0 cm³/mol. The molecule has 1 saturated heterocycles. The molecule has 1 aliphatic rings. The Morgan fingerprint density at radius 2 is 1.82 bits per heavy atom. The van der Waals surface area contributed by atoms with Crippen molar-refractivity contribution in [1.29, 1.82) is 0 Å². The SMILES string of the molecule is CN(C)S(=O)(=O)N1CC(Nc2ccccc2)C1. The fourth-order valence-corrected chi connectivity index (χ4v) is 2.92. The first-order chi connectivity index (χ1) is 8.00. The molecule has 1 fully saturated rings. The third-order valence-electron chi connectivity index (χ3n) is 2.78. The van der Waals surface area contributed by atoms with Crippen molar-refractivity contribution in [2.75, 3.05) is 32.5 Å². The number of para-hydroxylation sites is 1. The molecule has 0 aliphatic carbocycles. The summed E-state index contributed by atoms with van der Waals surface area (Å²) in [5, 5.41) is 3.29. The van der Waals surface area contributed by atoms with Crippen molar-refractivity contribution >= 4 is 15.9 Å². The highest BCUT2D eigenvalue weighted by atomic mass is 32.2. The highest BCUT2D eigenvalue weighted by Gasteiger charge is 2.36. The van der Waals surface area contributed by atoms with E-state index in [1.54, 1.807) is 14.1 Å². The Hall–Kier alpha value is -1.11. The Balaban J connectivity index is 1.88. The summed E-state index contributed by atoms with van der Waals surface area (Å²) in [6, 6.07) is 10.0. The molecule has 1 aliphatic heterocycles. The number of rotatable bonds is 4. The van der Waals surface area contributed by atoms with Crippen LogP contribution in [0.4, 0.5) is 5.69 Å². The van der Waals surface area contributed by atoms with Gasteiger partial charge in [-0.1, -0.05) is 18.2 Å². The van der Waals surface area contributed by atoms with Gasteiger partial charge in [-0.15, -0.1) is 0 Å². The molecular weight excluding hydrogens is 238 g/mol. The normalized spacial score (nSPS) is 18.1. The lowest BCUT2D eigenvalue weighted by molar-refractivity contribution is 0.264. The molecule has 1 aromatic rings. The molecule has 0 radical (unpaired) electrons. The second kappa shape index (κ2) is 4.64. The van der Waals surface area contributed by atoms with E-state index in [1.807, 2.05) is 30.3 Å². The van der Waals surface area contributed by atoms with Crippen molar-refractivity contribution in [2.24, 2.45) is 0 Å². The number of anilines is 1. The molecule has 0 saturated carbocycles. The van der Waals surface area contributed by atoms with Crippen LogP contribution in [0.25, 0.3) is 0 Å². The first kappa shape index (κ1) is 12.3. The smallest absolute Gasteiger partial charge is 0.281 e. The van der Waals surface area contributed by atoms with Crippen LogP contribution in [0.1, 0.15) is 0 Å². The summed E-state index contributed by atoms with van der Waals surface area (Å²) >= 11 is 0. The molecule has 1 aromatic carbocycles. The Labute approximate surface area is 102 Å². The predicted octanol–water partition coefficient (Wildman–Crippen LogP) is 0.589. The molecule has 0 amide bonds. The summed E-state index contributed by atoms with van der Waals surface area (Å²) in [6.45, 7) is 1.05. The van der Waals surface area contributed by atoms with Crippen molar-refractivity contribution in [3.05, 3.63) is 30.3 Å². The molecule has 2 rings (SSSR count). The molecular formula is C11H17N3O2S. The average molecular weight is 255 g/mol. The van der Waals surface area contributed by atoms with Gasteiger partial charge >= 0.3 is 0 Å². The third kappa shape index (κ3) is 2.59. The maximum Gasteiger partial charge on any atom is 0.281 e. The first-order valence-electron chi connectivity index (χ1n) is 5.49. The van der Waals surface area contributed by atoms with E-state index in [9.17, 15) is 8.42 Å². The second-order valence-corrected chi connectivity index (χ2v) is 6.46. The number of hydrogen-bond acceptors (Lipinski definition) is 3. The molecule has 1 heterocycles. The van der Waals surface area contributed by atoms with Crippen LogP contribution < -0.4 is 5.32 Å². The minimum absolute atomic E-state index is 0.201. The molecule has 94 valence electrons. The van der Waals surface area contributed by atoms with Crippen LogP contribution in [0, 0.1) is 0 Å². The molecule has 0 bridgehead atoms. The molecule has 6 heteroatoms. The minimum atomic E-state index is -3.24. The van der Waals surface area contributed by atoms with Gasteiger partial charge in [0.15, 0.2) is 0 Å². The van der Waals surface area contributed by atoms with Gasteiger partial charge in [0.25, 0.3) is 10.2 Å². The Bertz CT molecular complexity index is 467. The van der Waals surface area contributed by atoms with Gasteiger partial charge in [-0.05, 0) is 12.1 Å². The van der Waals surface area contributed by atoms with Gasteiger partial charge in [0.2, 0.25) is 0 Å². The van der Waals surface area contributed by atoms with Crippen molar-refractivity contribution in [3.8, 4) is 0 Å². The topological polar surface area (TPSA) is 52.7 Å². The van der Waals surface area contributed by atoms with Crippen molar-refractivity contribution in [1.82, 2.24) is 8.61 Å². The third-order valence-corrected chi connectivity index (χ3v) is 4.65. The van der Waals surface area contributed by atoms with Gasteiger partial charge in [0, 0.05) is 32.9 Å². The van der Waals surface area contributed by atoms with E-state index in [0.717, 1.165) is 5.69 Å². The summed E-state index contributed by atoms with van der Waals surface area (Å²) in [7, 11) is -0.141. The number of nitrogens with one attached hydrogen (secondary N) is 1. The number of nitrogens with zero attached hydrogens (tertiary/aromatic N) is 2. The molecule has 0 aromatic heterocycles. The van der Waals surface area contributed by atoms with Crippen molar-refractivity contribution in [3.63, 3.8) is 0 Å². The maximum absolute atomic E-state index is 11.7. The summed E-state index contributed by atoms with van der Waals surface area (Å²) < 4.78 is 26.2. The maximum atomic E-state index is 11.7. The molecule has 5 nitrogen and oxygen atoms in total.